The van der Waals surface area contributed by atoms with Gasteiger partial charge in [0.25, 0.3) is 0 Å². The summed E-state index contributed by atoms with van der Waals surface area (Å²) in [4.78, 5) is 4.94. The molecule has 0 amide bonds. The van der Waals surface area contributed by atoms with Crippen LogP contribution in [0, 0.1) is 0 Å². The molecule has 0 spiro atoms. The van der Waals surface area contributed by atoms with E-state index < -0.39 is 0 Å². The van der Waals surface area contributed by atoms with E-state index in [0.29, 0.717) is 0 Å². The maximum absolute atomic E-state index is 4.94. The molecule has 0 radical (unpaired) electrons. The predicted octanol–water partition coefficient (Wildman–Crippen LogP) is 5.78. The van der Waals surface area contributed by atoms with Crippen molar-refractivity contribution in [2.75, 3.05) is 13.2 Å². The highest BCUT2D eigenvalue weighted by atomic mass is 15.0. The second-order valence-corrected chi connectivity index (χ2v) is 7.02. The van der Waals surface area contributed by atoms with Crippen molar-refractivity contribution in [2.45, 2.75) is 96.3 Å². The van der Waals surface area contributed by atoms with E-state index in [1.807, 2.05) is 0 Å². The Morgan fingerprint density at radius 3 is 2.14 bits per heavy atom. The largest absolute Gasteiger partial charge is 0.298 e. The third-order valence-electron chi connectivity index (χ3n) is 5.06. The molecule has 1 aliphatic carbocycles. The Labute approximate surface area is 137 Å². The first kappa shape index (κ1) is 17.7. The van der Waals surface area contributed by atoms with Crippen molar-refractivity contribution < 1.29 is 0 Å². The molecule has 0 fully saturated rings. The molecule has 0 atom stereocenters. The number of hydrogen-bond donors (Lipinski definition) is 1. The van der Waals surface area contributed by atoms with Crippen molar-refractivity contribution in [3.05, 3.63) is 11.6 Å². The highest BCUT2D eigenvalue weighted by Gasteiger charge is 2.09. The molecule has 0 aromatic carbocycles. The third kappa shape index (κ3) is 7.58. The Kier molecular flexibility index (Phi) is 9.56. The molecule has 2 heteroatoms. The Morgan fingerprint density at radius 2 is 1.32 bits per heavy atom. The molecule has 0 saturated carbocycles. The molecule has 2 nitrogen and oxygen atoms in total. The summed E-state index contributed by atoms with van der Waals surface area (Å²) < 4.78 is 0. The van der Waals surface area contributed by atoms with Crippen LogP contribution in [0.2, 0.25) is 0 Å². The number of nitrogens with one attached hydrogen (secondary N) is 1. The summed E-state index contributed by atoms with van der Waals surface area (Å²) >= 11 is 0. The first-order valence-corrected chi connectivity index (χ1v) is 9.90. The Bertz CT molecular complexity index is 310. The van der Waals surface area contributed by atoms with Gasteiger partial charge in [-0.25, -0.2) is 0 Å². The van der Waals surface area contributed by atoms with Gasteiger partial charge in [0.05, 0.1) is 6.67 Å². The molecule has 0 unspecified atom stereocenters. The maximum atomic E-state index is 4.94. The van der Waals surface area contributed by atoms with E-state index in [2.05, 4.69) is 11.4 Å². The summed E-state index contributed by atoms with van der Waals surface area (Å²) in [6.07, 6.45) is 22.9. The fourth-order valence-corrected chi connectivity index (χ4v) is 3.63. The normalized spacial score (nSPS) is 24.4. The van der Waals surface area contributed by atoms with Crippen LogP contribution in [0.25, 0.3) is 0 Å². The van der Waals surface area contributed by atoms with Gasteiger partial charge in [0.2, 0.25) is 0 Å². The summed E-state index contributed by atoms with van der Waals surface area (Å²) in [6.45, 7) is 1.96. The molecule has 0 aromatic heterocycles. The number of aliphatic imine (C=N–C) groups is 1. The summed E-state index contributed by atoms with van der Waals surface area (Å²) in [7, 11) is 0. The zero-order valence-corrected chi connectivity index (χ0v) is 14.5. The van der Waals surface area contributed by atoms with Gasteiger partial charge in [-0.15, -0.1) is 0 Å². The summed E-state index contributed by atoms with van der Waals surface area (Å²) in [5, 5.41) is 3.50. The monoisotopic (exact) mass is 304 g/mol. The van der Waals surface area contributed by atoms with Gasteiger partial charge < -0.3 is 0 Å². The molecule has 126 valence electrons. The lowest BCUT2D eigenvalue weighted by Gasteiger charge is -2.12. The van der Waals surface area contributed by atoms with Crippen molar-refractivity contribution in [2.24, 2.45) is 4.99 Å². The minimum absolute atomic E-state index is 0.826. The van der Waals surface area contributed by atoms with Crippen LogP contribution < -0.4 is 5.32 Å². The Morgan fingerprint density at radius 1 is 0.682 bits per heavy atom. The third-order valence-corrected chi connectivity index (χ3v) is 5.06. The molecule has 0 aromatic rings. The standard InChI is InChI=1S/C20H36N2/c1-2-4-7-11-15-19(14-10-6-3-1)20-16-12-8-5-9-13-17-21-18-22-20/h14,21H,1-13,15-18H2. The van der Waals surface area contributed by atoms with Crippen LogP contribution in [0.1, 0.15) is 96.3 Å². The van der Waals surface area contributed by atoms with Crippen LogP contribution in [0.5, 0.6) is 0 Å². The smallest absolute Gasteiger partial charge is 0.0887 e. The molecule has 0 bridgehead atoms. The maximum Gasteiger partial charge on any atom is 0.0887 e. The molecule has 22 heavy (non-hydrogen) atoms. The minimum atomic E-state index is 0.826. The van der Waals surface area contributed by atoms with Crippen LogP contribution in [0.3, 0.4) is 0 Å². The lowest BCUT2D eigenvalue weighted by Crippen LogP contribution is -2.17. The van der Waals surface area contributed by atoms with Gasteiger partial charge in [-0.05, 0) is 57.1 Å². The van der Waals surface area contributed by atoms with E-state index in [0.717, 1.165) is 13.2 Å². The highest BCUT2D eigenvalue weighted by Crippen LogP contribution is 2.20. The van der Waals surface area contributed by atoms with E-state index in [9.17, 15) is 0 Å². The highest BCUT2D eigenvalue weighted by molar-refractivity contribution is 6.00. The van der Waals surface area contributed by atoms with E-state index >= 15 is 0 Å². The van der Waals surface area contributed by atoms with Crippen molar-refractivity contribution >= 4 is 5.71 Å². The summed E-state index contributed by atoms with van der Waals surface area (Å²) in [6, 6.07) is 0. The van der Waals surface area contributed by atoms with E-state index in [1.165, 1.54) is 102 Å². The second kappa shape index (κ2) is 11.9. The predicted molar refractivity (Wildman–Crippen MR) is 97.6 cm³/mol. The minimum Gasteiger partial charge on any atom is -0.298 e. The van der Waals surface area contributed by atoms with E-state index in [-0.39, 0.29) is 0 Å². The van der Waals surface area contributed by atoms with Crippen LogP contribution in [-0.4, -0.2) is 18.9 Å². The first-order valence-electron chi connectivity index (χ1n) is 9.90. The second-order valence-electron chi connectivity index (χ2n) is 7.02. The quantitative estimate of drug-likeness (QED) is 0.652. The Balaban J connectivity index is 1.97. The van der Waals surface area contributed by atoms with Crippen molar-refractivity contribution in [3.63, 3.8) is 0 Å². The van der Waals surface area contributed by atoms with Gasteiger partial charge in [-0.2, -0.15) is 0 Å². The van der Waals surface area contributed by atoms with Crippen molar-refractivity contribution in [3.8, 4) is 0 Å². The van der Waals surface area contributed by atoms with Gasteiger partial charge in [0, 0.05) is 5.71 Å². The van der Waals surface area contributed by atoms with Gasteiger partial charge >= 0.3 is 0 Å². The topological polar surface area (TPSA) is 24.4 Å². The zero-order valence-electron chi connectivity index (χ0n) is 14.5. The molecule has 1 heterocycles. The van der Waals surface area contributed by atoms with Gasteiger partial charge in [0.15, 0.2) is 0 Å². The fourth-order valence-electron chi connectivity index (χ4n) is 3.63. The van der Waals surface area contributed by atoms with Gasteiger partial charge in [-0.1, -0.05) is 57.4 Å². The van der Waals surface area contributed by atoms with Gasteiger partial charge in [0.1, 0.15) is 0 Å². The summed E-state index contributed by atoms with van der Waals surface area (Å²) in [5.41, 5.74) is 3.01. The molecule has 1 aliphatic heterocycles. The van der Waals surface area contributed by atoms with E-state index in [4.69, 9.17) is 4.99 Å². The summed E-state index contributed by atoms with van der Waals surface area (Å²) in [5.74, 6) is 0. The molecule has 2 aliphatic rings. The first-order chi connectivity index (χ1) is 11.0. The molecular formula is C20H36N2. The van der Waals surface area contributed by atoms with E-state index in [1.54, 1.807) is 5.57 Å². The zero-order chi connectivity index (χ0) is 15.3. The molecular weight excluding hydrogens is 268 g/mol. The lowest BCUT2D eigenvalue weighted by atomic mass is 9.97. The van der Waals surface area contributed by atoms with Gasteiger partial charge in [-0.3, -0.25) is 10.3 Å². The molecule has 0 saturated heterocycles. The van der Waals surface area contributed by atoms with Crippen LogP contribution in [-0.2, 0) is 0 Å². The number of nitrogens with zero attached hydrogens (tertiary/aromatic N) is 1. The van der Waals surface area contributed by atoms with Crippen LogP contribution in [0.4, 0.5) is 0 Å². The fraction of sp³-hybridized carbons (Fsp3) is 0.850. The number of hydrogen-bond acceptors (Lipinski definition) is 2. The SMILES string of the molecule is C1=C(C2=NCNCCCCCCC2)CCCCCCCCC1. The van der Waals surface area contributed by atoms with Crippen molar-refractivity contribution in [1.29, 1.82) is 0 Å². The van der Waals surface area contributed by atoms with Crippen molar-refractivity contribution in [1.82, 2.24) is 5.32 Å². The lowest BCUT2D eigenvalue weighted by molar-refractivity contribution is 0.588. The van der Waals surface area contributed by atoms with Crippen LogP contribution >= 0.6 is 0 Å². The number of allylic oxidation sites excluding steroid dienone is 2. The Hall–Kier alpha value is -0.630. The van der Waals surface area contributed by atoms with Crippen LogP contribution in [0.15, 0.2) is 16.6 Å². The number of rotatable bonds is 1. The average Bonchev–Trinajstić information content (AvgIpc) is 2.64. The molecule has 1 N–H and O–H groups in total. The average molecular weight is 305 g/mol. The molecule has 2 rings (SSSR count).